The number of benzene rings is 2. The van der Waals surface area contributed by atoms with Crippen molar-refractivity contribution in [3.63, 3.8) is 0 Å². The summed E-state index contributed by atoms with van der Waals surface area (Å²) < 4.78 is 24.8. The SMILES string of the molecule is COC1CCN(C(N)=Nc2cc(C(C)Cc3ccc(-c4ccccc4F)cc3)no2)CC1. The van der Waals surface area contributed by atoms with E-state index in [0.29, 0.717) is 17.4 Å². The van der Waals surface area contributed by atoms with Gasteiger partial charge in [-0.1, -0.05) is 54.5 Å². The first-order valence-electron chi connectivity index (χ1n) is 11.0. The van der Waals surface area contributed by atoms with Crippen molar-refractivity contribution in [2.45, 2.75) is 38.2 Å². The van der Waals surface area contributed by atoms with Gasteiger partial charge in [0.05, 0.1) is 11.8 Å². The quantitative estimate of drug-likeness (QED) is 0.440. The van der Waals surface area contributed by atoms with Gasteiger partial charge in [-0.05, 0) is 36.5 Å². The molecule has 1 unspecified atom stereocenters. The molecule has 2 aromatic carbocycles. The molecule has 0 spiro atoms. The Bertz CT molecular complexity index is 1060. The van der Waals surface area contributed by atoms with Crippen LogP contribution in [-0.4, -0.2) is 42.3 Å². The van der Waals surface area contributed by atoms with Crippen LogP contribution in [0.2, 0.25) is 0 Å². The zero-order valence-corrected chi connectivity index (χ0v) is 18.5. The summed E-state index contributed by atoms with van der Waals surface area (Å²) in [6, 6.07) is 16.6. The number of nitrogens with zero attached hydrogens (tertiary/aromatic N) is 3. The van der Waals surface area contributed by atoms with Gasteiger partial charge in [-0.25, -0.2) is 4.39 Å². The number of nitrogens with two attached hydrogens (primary N) is 1. The van der Waals surface area contributed by atoms with Gasteiger partial charge in [0.15, 0.2) is 5.96 Å². The second-order valence-electron chi connectivity index (χ2n) is 8.26. The van der Waals surface area contributed by atoms with Crippen molar-refractivity contribution in [3.05, 3.63) is 71.7 Å². The highest BCUT2D eigenvalue weighted by Crippen LogP contribution is 2.27. The zero-order valence-electron chi connectivity index (χ0n) is 18.5. The number of aliphatic imine (C=N–C) groups is 1. The molecule has 6 nitrogen and oxygen atoms in total. The number of rotatable bonds is 6. The lowest BCUT2D eigenvalue weighted by Crippen LogP contribution is -2.44. The smallest absolute Gasteiger partial charge is 0.253 e. The lowest BCUT2D eigenvalue weighted by Gasteiger charge is -2.31. The standard InChI is InChI=1S/C25H29FN4O2/c1-17(15-18-7-9-19(10-8-18)21-5-3-4-6-22(21)26)23-16-24(32-29-23)28-25(27)30-13-11-20(31-2)12-14-30/h3-10,16-17,20H,11-15H2,1-2H3,(H2,27,28). The van der Waals surface area contributed by atoms with Gasteiger partial charge in [0.25, 0.3) is 5.88 Å². The van der Waals surface area contributed by atoms with Crippen LogP contribution in [-0.2, 0) is 11.2 Å². The van der Waals surface area contributed by atoms with Crippen molar-refractivity contribution >= 4 is 11.8 Å². The van der Waals surface area contributed by atoms with Crippen LogP contribution in [0.4, 0.5) is 10.3 Å². The van der Waals surface area contributed by atoms with Crippen molar-refractivity contribution < 1.29 is 13.7 Å². The summed E-state index contributed by atoms with van der Waals surface area (Å²) >= 11 is 0. The molecule has 0 saturated carbocycles. The van der Waals surface area contributed by atoms with E-state index < -0.39 is 0 Å². The number of piperidine rings is 1. The van der Waals surface area contributed by atoms with Gasteiger partial charge in [0.1, 0.15) is 5.82 Å². The Morgan fingerprint density at radius 1 is 1.22 bits per heavy atom. The fourth-order valence-corrected chi connectivity index (χ4v) is 4.04. The molecule has 168 valence electrons. The highest BCUT2D eigenvalue weighted by Gasteiger charge is 2.20. The molecular weight excluding hydrogens is 407 g/mol. The Morgan fingerprint density at radius 3 is 2.62 bits per heavy atom. The van der Waals surface area contributed by atoms with E-state index in [1.807, 2.05) is 41.3 Å². The van der Waals surface area contributed by atoms with Crippen molar-refractivity contribution in [2.24, 2.45) is 10.7 Å². The van der Waals surface area contributed by atoms with Crippen LogP contribution in [0.1, 0.15) is 36.9 Å². The van der Waals surface area contributed by atoms with Gasteiger partial charge in [-0.3, -0.25) is 0 Å². The minimum absolute atomic E-state index is 0.140. The van der Waals surface area contributed by atoms with Gasteiger partial charge in [0.2, 0.25) is 0 Å². The predicted octanol–water partition coefficient (Wildman–Crippen LogP) is 4.88. The number of aromatic nitrogens is 1. The summed E-state index contributed by atoms with van der Waals surface area (Å²) in [6.45, 7) is 3.72. The predicted molar refractivity (Wildman–Crippen MR) is 123 cm³/mol. The maximum Gasteiger partial charge on any atom is 0.253 e. The van der Waals surface area contributed by atoms with E-state index in [-0.39, 0.29) is 17.8 Å². The molecule has 32 heavy (non-hydrogen) atoms. The zero-order chi connectivity index (χ0) is 22.5. The second kappa shape index (κ2) is 9.96. The first-order valence-corrected chi connectivity index (χ1v) is 11.0. The summed E-state index contributed by atoms with van der Waals surface area (Å²) in [5.74, 6) is 0.777. The van der Waals surface area contributed by atoms with E-state index in [1.165, 1.54) is 6.07 Å². The molecule has 1 aliphatic rings. The van der Waals surface area contributed by atoms with Crippen LogP contribution < -0.4 is 5.73 Å². The fraction of sp³-hybridized carbons (Fsp3) is 0.360. The van der Waals surface area contributed by atoms with Gasteiger partial charge in [-0.2, -0.15) is 4.99 Å². The Balaban J connectivity index is 1.37. The number of hydrogen-bond donors (Lipinski definition) is 1. The maximum absolute atomic E-state index is 14.0. The van der Waals surface area contributed by atoms with Crippen LogP contribution in [0.3, 0.4) is 0 Å². The van der Waals surface area contributed by atoms with Crippen LogP contribution in [0, 0.1) is 5.82 Å². The minimum atomic E-state index is -0.216. The Labute approximate surface area is 187 Å². The van der Waals surface area contributed by atoms with Crippen LogP contribution in [0.15, 0.2) is 64.1 Å². The molecule has 1 fully saturated rings. The highest BCUT2D eigenvalue weighted by atomic mass is 19.1. The van der Waals surface area contributed by atoms with E-state index >= 15 is 0 Å². The van der Waals surface area contributed by atoms with Crippen molar-refractivity contribution in [3.8, 4) is 11.1 Å². The number of guanidine groups is 1. The summed E-state index contributed by atoms with van der Waals surface area (Å²) in [5.41, 5.74) is 9.61. The fourth-order valence-electron chi connectivity index (χ4n) is 4.04. The summed E-state index contributed by atoms with van der Waals surface area (Å²) in [5, 5.41) is 4.19. The van der Waals surface area contributed by atoms with Gasteiger partial charge >= 0.3 is 0 Å². The topological polar surface area (TPSA) is 76.9 Å². The van der Waals surface area contributed by atoms with Crippen LogP contribution in [0.5, 0.6) is 0 Å². The van der Waals surface area contributed by atoms with E-state index in [4.69, 9.17) is 15.0 Å². The molecule has 4 rings (SSSR count). The molecule has 2 heterocycles. The summed E-state index contributed by atoms with van der Waals surface area (Å²) in [7, 11) is 1.74. The third-order valence-electron chi connectivity index (χ3n) is 6.03. The van der Waals surface area contributed by atoms with Gasteiger partial charge in [-0.15, -0.1) is 0 Å². The van der Waals surface area contributed by atoms with Crippen molar-refractivity contribution in [1.82, 2.24) is 10.1 Å². The normalized spacial score (nSPS) is 16.3. The third kappa shape index (κ3) is 5.16. The van der Waals surface area contributed by atoms with Crippen LogP contribution >= 0.6 is 0 Å². The Hall–Kier alpha value is -3.19. The molecule has 0 amide bonds. The minimum Gasteiger partial charge on any atom is -0.381 e. The lowest BCUT2D eigenvalue weighted by atomic mass is 9.96. The van der Waals surface area contributed by atoms with Gasteiger partial charge < -0.3 is 19.9 Å². The first-order chi connectivity index (χ1) is 15.5. The third-order valence-corrected chi connectivity index (χ3v) is 6.03. The molecule has 1 atom stereocenters. The van der Waals surface area contributed by atoms with Gasteiger partial charge in [0, 0.05) is 37.7 Å². The average molecular weight is 437 g/mol. The lowest BCUT2D eigenvalue weighted by molar-refractivity contribution is 0.0576. The molecule has 0 radical (unpaired) electrons. The molecule has 1 saturated heterocycles. The van der Waals surface area contributed by atoms with Crippen molar-refractivity contribution in [1.29, 1.82) is 0 Å². The Morgan fingerprint density at radius 2 is 1.94 bits per heavy atom. The number of methoxy groups -OCH3 is 1. The van der Waals surface area contributed by atoms with E-state index in [0.717, 1.165) is 49.2 Å². The molecule has 7 heteroatoms. The van der Waals surface area contributed by atoms with Crippen LogP contribution in [0.25, 0.3) is 11.1 Å². The average Bonchev–Trinajstić information content (AvgIpc) is 3.29. The molecule has 0 aliphatic carbocycles. The summed E-state index contributed by atoms with van der Waals surface area (Å²) in [6.07, 6.45) is 2.94. The number of hydrogen-bond acceptors (Lipinski definition) is 4. The number of likely N-dealkylation sites (tertiary alicyclic amines) is 1. The highest BCUT2D eigenvalue weighted by molar-refractivity contribution is 5.80. The molecule has 2 N–H and O–H groups in total. The van der Waals surface area contributed by atoms with E-state index in [9.17, 15) is 4.39 Å². The van der Waals surface area contributed by atoms with E-state index in [2.05, 4.69) is 17.1 Å². The largest absolute Gasteiger partial charge is 0.381 e. The Kier molecular flexibility index (Phi) is 6.85. The maximum atomic E-state index is 14.0. The second-order valence-corrected chi connectivity index (χ2v) is 8.26. The molecular formula is C25H29FN4O2. The molecule has 0 bridgehead atoms. The number of ether oxygens (including phenoxy) is 1. The van der Waals surface area contributed by atoms with E-state index in [1.54, 1.807) is 19.2 Å². The van der Waals surface area contributed by atoms with Crippen molar-refractivity contribution in [2.75, 3.05) is 20.2 Å². The molecule has 3 aromatic rings. The molecule has 1 aromatic heterocycles. The molecule has 1 aliphatic heterocycles. The number of halogens is 1. The monoisotopic (exact) mass is 436 g/mol. The summed E-state index contributed by atoms with van der Waals surface area (Å²) in [4.78, 5) is 6.45. The first kappa shape index (κ1) is 22.0.